The van der Waals surface area contributed by atoms with Crippen molar-refractivity contribution in [2.24, 2.45) is 5.41 Å². The number of halogens is 6. The van der Waals surface area contributed by atoms with Gasteiger partial charge in [-0.1, -0.05) is 0 Å². The van der Waals surface area contributed by atoms with E-state index in [1.165, 1.54) is 0 Å². The lowest BCUT2D eigenvalue weighted by Gasteiger charge is -2.39. The lowest BCUT2D eigenvalue weighted by molar-refractivity contribution is -0.274. The zero-order valence-corrected chi connectivity index (χ0v) is 11.5. The van der Waals surface area contributed by atoms with Gasteiger partial charge in [0.05, 0.1) is 0 Å². The molecule has 1 N–H and O–H groups in total. The van der Waals surface area contributed by atoms with Crippen LogP contribution in [0.4, 0.5) is 26.3 Å². The molecule has 0 aromatic heterocycles. The molecule has 23 heavy (non-hydrogen) atoms. The smallest absolute Gasteiger partial charge is 0.481 e. The number of carboxylic acid groups (broad SMARTS) is 1. The molecular formula is C13H10F6O4. The van der Waals surface area contributed by atoms with E-state index >= 15 is 0 Å². The zero-order chi connectivity index (χ0) is 17.6. The number of rotatable bonds is 2. The van der Waals surface area contributed by atoms with Gasteiger partial charge in [-0.25, -0.2) is 0 Å². The summed E-state index contributed by atoms with van der Waals surface area (Å²) in [5.74, 6) is -2.77. The summed E-state index contributed by atoms with van der Waals surface area (Å²) in [4.78, 5) is 11.3. The number of carbonyl (C=O) groups is 1. The number of carboxylic acids is 1. The molecule has 0 bridgehead atoms. The van der Waals surface area contributed by atoms with Gasteiger partial charge in [0.2, 0.25) is 6.10 Å². The summed E-state index contributed by atoms with van der Waals surface area (Å²) in [5, 5.41) is 9.12. The second kappa shape index (κ2) is 5.20. The largest absolute Gasteiger partial charge is 0.573 e. The first-order chi connectivity index (χ1) is 10.3. The standard InChI is InChI=1S/C13H10F6O4/c1-11(10(20)21)5-6-4-7(23-13(17,18)19)2-3-8(6)22-9(11)12(14,15)16/h2-4,9H,5H2,1H3,(H,20,21). The van der Waals surface area contributed by atoms with Crippen molar-refractivity contribution in [2.75, 3.05) is 0 Å². The number of alkyl halides is 6. The number of hydrogen-bond donors (Lipinski definition) is 1. The monoisotopic (exact) mass is 344 g/mol. The predicted molar refractivity (Wildman–Crippen MR) is 63.0 cm³/mol. The van der Waals surface area contributed by atoms with E-state index in [4.69, 9.17) is 9.84 Å². The molecule has 0 aliphatic carbocycles. The Labute approximate surface area is 125 Å². The van der Waals surface area contributed by atoms with Crippen LogP contribution in [0.5, 0.6) is 11.5 Å². The summed E-state index contributed by atoms with van der Waals surface area (Å²) < 4.78 is 84.0. The van der Waals surface area contributed by atoms with Gasteiger partial charge in [-0.15, -0.1) is 13.2 Å². The van der Waals surface area contributed by atoms with Crippen LogP contribution in [0.2, 0.25) is 0 Å². The van der Waals surface area contributed by atoms with Gasteiger partial charge in [-0.05, 0) is 37.1 Å². The summed E-state index contributed by atoms with van der Waals surface area (Å²) in [6, 6.07) is 2.50. The van der Waals surface area contributed by atoms with Crippen molar-refractivity contribution in [3.8, 4) is 11.5 Å². The van der Waals surface area contributed by atoms with Crippen LogP contribution in [0.15, 0.2) is 18.2 Å². The van der Waals surface area contributed by atoms with E-state index < -0.39 is 42.2 Å². The summed E-state index contributed by atoms with van der Waals surface area (Å²) in [6.07, 6.45) is -13.2. The van der Waals surface area contributed by atoms with Gasteiger partial charge in [-0.3, -0.25) is 4.79 Å². The van der Waals surface area contributed by atoms with Crippen LogP contribution in [-0.4, -0.2) is 29.7 Å². The first-order valence-corrected chi connectivity index (χ1v) is 6.18. The molecule has 0 fully saturated rings. The first kappa shape index (κ1) is 17.2. The molecule has 1 heterocycles. The van der Waals surface area contributed by atoms with Crippen LogP contribution < -0.4 is 9.47 Å². The van der Waals surface area contributed by atoms with Gasteiger partial charge >= 0.3 is 18.5 Å². The van der Waals surface area contributed by atoms with Gasteiger partial charge in [0.25, 0.3) is 0 Å². The lowest BCUT2D eigenvalue weighted by Crippen LogP contribution is -2.55. The van der Waals surface area contributed by atoms with E-state index in [2.05, 4.69) is 4.74 Å². The Morgan fingerprint density at radius 3 is 2.39 bits per heavy atom. The molecule has 128 valence electrons. The molecular weight excluding hydrogens is 334 g/mol. The third-order valence-electron chi connectivity index (χ3n) is 3.43. The highest BCUT2D eigenvalue weighted by atomic mass is 19.4. The lowest BCUT2D eigenvalue weighted by atomic mass is 9.76. The maximum Gasteiger partial charge on any atom is 0.573 e. The van der Waals surface area contributed by atoms with Crippen LogP contribution >= 0.6 is 0 Å². The normalized spacial score (nSPS) is 24.6. The fraction of sp³-hybridized carbons (Fsp3) is 0.462. The predicted octanol–water partition coefficient (Wildman–Crippen LogP) is 3.54. The molecule has 1 aromatic rings. The summed E-state index contributed by atoms with van der Waals surface area (Å²) in [5.41, 5.74) is -2.49. The van der Waals surface area contributed by atoms with Crippen molar-refractivity contribution in [1.82, 2.24) is 0 Å². The van der Waals surface area contributed by atoms with Crippen LogP contribution in [0.3, 0.4) is 0 Å². The van der Waals surface area contributed by atoms with E-state index in [-0.39, 0.29) is 11.3 Å². The van der Waals surface area contributed by atoms with Crippen LogP contribution in [0.1, 0.15) is 12.5 Å². The molecule has 1 aliphatic rings. The van der Waals surface area contributed by atoms with E-state index in [0.29, 0.717) is 0 Å². The molecule has 10 heteroatoms. The number of benzene rings is 1. The fourth-order valence-electron chi connectivity index (χ4n) is 2.37. The number of ether oxygens (including phenoxy) is 2. The molecule has 1 aromatic carbocycles. The minimum absolute atomic E-state index is 0.114. The topological polar surface area (TPSA) is 55.8 Å². The van der Waals surface area contributed by atoms with Gasteiger partial charge in [-0.2, -0.15) is 13.2 Å². The maximum atomic E-state index is 13.0. The van der Waals surface area contributed by atoms with Gasteiger partial charge in [0.1, 0.15) is 16.9 Å². The van der Waals surface area contributed by atoms with Crippen molar-refractivity contribution in [1.29, 1.82) is 0 Å². The van der Waals surface area contributed by atoms with Gasteiger partial charge < -0.3 is 14.6 Å². The summed E-state index contributed by atoms with van der Waals surface area (Å²) in [7, 11) is 0. The van der Waals surface area contributed by atoms with E-state index in [0.717, 1.165) is 25.1 Å². The van der Waals surface area contributed by atoms with Crippen LogP contribution in [-0.2, 0) is 11.2 Å². The quantitative estimate of drug-likeness (QED) is 0.834. The van der Waals surface area contributed by atoms with E-state index in [1.54, 1.807) is 0 Å². The molecule has 2 rings (SSSR count). The summed E-state index contributed by atoms with van der Waals surface area (Å²) in [6.45, 7) is 0.827. The molecule has 0 spiro atoms. The van der Waals surface area contributed by atoms with E-state index in [9.17, 15) is 31.1 Å². The Balaban J connectivity index is 2.43. The average Bonchev–Trinajstić information content (AvgIpc) is 2.34. The third-order valence-corrected chi connectivity index (χ3v) is 3.43. The summed E-state index contributed by atoms with van der Waals surface area (Å²) >= 11 is 0. The minimum atomic E-state index is -4.98. The molecule has 0 saturated carbocycles. The SMILES string of the molecule is CC1(C(=O)O)Cc2cc(OC(F)(F)F)ccc2OC1C(F)(F)F. The highest BCUT2D eigenvalue weighted by Crippen LogP contribution is 2.46. The highest BCUT2D eigenvalue weighted by molar-refractivity contribution is 5.76. The minimum Gasteiger partial charge on any atom is -0.481 e. The molecule has 0 amide bonds. The first-order valence-electron chi connectivity index (χ1n) is 6.18. The van der Waals surface area contributed by atoms with Crippen molar-refractivity contribution >= 4 is 5.97 Å². The Hall–Kier alpha value is -2.13. The zero-order valence-electron chi connectivity index (χ0n) is 11.5. The van der Waals surface area contributed by atoms with Crippen molar-refractivity contribution in [3.63, 3.8) is 0 Å². The van der Waals surface area contributed by atoms with Crippen molar-refractivity contribution < 1.29 is 45.7 Å². The Morgan fingerprint density at radius 2 is 1.91 bits per heavy atom. The van der Waals surface area contributed by atoms with Crippen molar-refractivity contribution in [2.45, 2.75) is 32.0 Å². The Bertz CT molecular complexity index is 624. The molecule has 2 unspecified atom stereocenters. The number of aliphatic carboxylic acids is 1. The second-order valence-corrected chi connectivity index (χ2v) is 5.26. The molecule has 0 radical (unpaired) electrons. The van der Waals surface area contributed by atoms with Crippen LogP contribution in [0.25, 0.3) is 0 Å². The molecule has 4 nitrogen and oxygen atoms in total. The van der Waals surface area contributed by atoms with Crippen LogP contribution in [0, 0.1) is 5.41 Å². The van der Waals surface area contributed by atoms with Gasteiger partial charge in [0.15, 0.2) is 0 Å². The third kappa shape index (κ3) is 3.45. The Morgan fingerprint density at radius 1 is 1.30 bits per heavy atom. The average molecular weight is 344 g/mol. The molecule has 2 atom stereocenters. The van der Waals surface area contributed by atoms with E-state index in [1.807, 2.05) is 0 Å². The van der Waals surface area contributed by atoms with Crippen molar-refractivity contribution in [3.05, 3.63) is 23.8 Å². The highest BCUT2D eigenvalue weighted by Gasteiger charge is 2.59. The number of fused-ring (bicyclic) bond motifs is 1. The number of hydrogen-bond acceptors (Lipinski definition) is 3. The Kier molecular flexibility index (Phi) is 3.90. The molecule has 1 aliphatic heterocycles. The maximum absolute atomic E-state index is 13.0. The molecule has 0 saturated heterocycles. The fourth-order valence-corrected chi connectivity index (χ4v) is 2.37. The van der Waals surface area contributed by atoms with Gasteiger partial charge in [0, 0.05) is 0 Å². The second-order valence-electron chi connectivity index (χ2n) is 5.26.